The maximum Gasteiger partial charge on any atom is 0.268 e. The topological polar surface area (TPSA) is 48.3 Å². The Kier molecular flexibility index (Phi) is 4.76. The van der Waals surface area contributed by atoms with Crippen LogP contribution in [0.15, 0.2) is 94.4 Å². The van der Waals surface area contributed by atoms with Crippen molar-refractivity contribution in [3.05, 3.63) is 95.1 Å². The molecule has 0 fully saturated rings. The molecule has 3 aromatic carbocycles. The van der Waals surface area contributed by atoms with Crippen LogP contribution in [0.25, 0.3) is 10.9 Å². The summed E-state index contributed by atoms with van der Waals surface area (Å²) in [6.45, 7) is 0.462. The molecule has 0 saturated carbocycles. The van der Waals surface area contributed by atoms with Crippen LogP contribution >= 0.6 is 15.9 Å². The van der Waals surface area contributed by atoms with Crippen molar-refractivity contribution in [2.24, 2.45) is 0 Å². The standard InChI is InChI=1S/C21H16BrNO3S/c22-18-7-4-8-20(14-18)27(24,25)23-12-11-17-13-19(9-10-21(17)23)26-15-16-5-2-1-3-6-16/h1-14H,15H2. The van der Waals surface area contributed by atoms with Crippen LogP contribution in [-0.4, -0.2) is 12.4 Å². The second kappa shape index (κ2) is 7.21. The van der Waals surface area contributed by atoms with Gasteiger partial charge in [-0.3, -0.25) is 0 Å². The molecule has 1 aromatic heterocycles. The molecular formula is C21H16BrNO3S. The lowest BCUT2D eigenvalue weighted by Gasteiger charge is -2.09. The van der Waals surface area contributed by atoms with E-state index in [2.05, 4.69) is 15.9 Å². The number of rotatable bonds is 5. The third-order valence-electron chi connectivity index (χ3n) is 4.23. The first-order chi connectivity index (χ1) is 13.0. The van der Waals surface area contributed by atoms with Gasteiger partial charge in [-0.1, -0.05) is 52.3 Å². The molecule has 0 aliphatic heterocycles. The van der Waals surface area contributed by atoms with Crippen LogP contribution in [0.5, 0.6) is 5.75 Å². The molecule has 27 heavy (non-hydrogen) atoms. The lowest BCUT2D eigenvalue weighted by Crippen LogP contribution is -2.11. The highest BCUT2D eigenvalue weighted by Gasteiger charge is 2.19. The average Bonchev–Trinajstić information content (AvgIpc) is 3.11. The largest absolute Gasteiger partial charge is 0.489 e. The Morgan fingerprint density at radius 2 is 1.70 bits per heavy atom. The van der Waals surface area contributed by atoms with Crippen molar-refractivity contribution in [1.29, 1.82) is 0 Å². The highest BCUT2D eigenvalue weighted by Crippen LogP contribution is 2.27. The highest BCUT2D eigenvalue weighted by molar-refractivity contribution is 9.10. The minimum absolute atomic E-state index is 0.235. The summed E-state index contributed by atoms with van der Waals surface area (Å²) >= 11 is 3.32. The van der Waals surface area contributed by atoms with Crippen LogP contribution in [-0.2, 0) is 16.6 Å². The van der Waals surface area contributed by atoms with Crippen LogP contribution in [0.1, 0.15) is 5.56 Å². The number of halogens is 1. The third-order valence-corrected chi connectivity index (χ3v) is 6.41. The first-order valence-corrected chi connectivity index (χ1v) is 10.6. The Bertz CT molecular complexity index is 1200. The van der Waals surface area contributed by atoms with Crippen molar-refractivity contribution < 1.29 is 13.2 Å². The zero-order valence-electron chi connectivity index (χ0n) is 14.2. The van der Waals surface area contributed by atoms with Crippen LogP contribution in [0.2, 0.25) is 0 Å². The van der Waals surface area contributed by atoms with E-state index in [0.717, 1.165) is 15.4 Å². The third kappa shape index (κ3) is 3.63. The second-order valence-corrected chi connectivity index (χ2v) is 8.80. The SMILES string of the molecule is O=S(=O)(c1cccc(Br)c1)n1ccc2cc(OCc3ccccc3)ccc21. The van der Waals surface area contributed by atoms with Crippen molar-refractivity contribution in [1.82, 2.24) is 3.97 Å². The van der Waals surface area contributed by atoms with E-state index < -0.39 is 10.0 Å². The molecule has 0 radical (unpaired) electrons. The van der Waals surface area contributed by atoms with E-state index in [1.807, 2.05) is 36.4 Å². The number of aromatic nitrogens is 1. The molecule has 4 nitrogen and oxygen atoms in total. The van der Waals surface area contributed by atoms with Gasteiger partial charge in [-0.05, 0) is 48.0 Å². The fraction of sp³-hybridized carbons (Fsp3) is 0.0476. The molecule has 0 aliphatic carbocycles. The Morgan fingerprint density at radius 1 is 0.889 bits per heavy atom. The molecule has 0 N–H and O–H groups in total. The van der Waals surface area contributed by atoms with E-state index in [1.165, 1.54) is 3.97 Å². The van der Waals surface area contributed by atoms with Gasteiger partial charge in [0.25, 0.3) is 10.0 Å². The van der Waals surface area contributed by atoms with Gasteiger partial charge in [0.2, 0.25) is 0 Å². The number of hydrogen-bond donors (Lipinski definition) is 0. The molecule has 0 unspecified atom stereocenters. The van der Waals surface area contributed by atoms with Crippen LogP contribution in [0.4, 0.5) is 0 Å². The summed E-state index contributed by atoms with van der Waals surface area (Å²) in [5.41, 5.74) is 1.69. The zero-order chi connectivity index (χ0) is 18.9. The van der Waals surface area contributed by atoms with Gasteiger partial charge in [0.1, 0.15) is 12.4 Å². The van der Waals surface area contributed by atoms with Gasteiger partial charge < -0.3 is 4.74 Å². The molecule has 0 amide bonds. The average molecular weight is 442 g/mol. The van der Waals surface area contributed by atoms with Crippen LogP contribution in [0.3, 0.4) is 0 Å². The van der Waals surface area contributed by atoms with Crippen molar-refractivity contribution in [2.45, 2.75) is 11.5 Å². The summed E-state index contributed by atoms with van der Waals surface area (Å²) in [6, 6.07) is 23.8. The van der Waals surface area contributed by atoms with E-state index in [-0.39, 0.29) is 4.90 Å². The van der Waals surface area contributed by atoms with Crippen molar-refractivity contribution in [3.63, 3.8) is 0 Å². The first-order valence-electron chi connectivity index (χ1n) is 8.33. The molecular weight excluding hydrogens is 426 g/mol. The van der Waals surface area contributed by atoms with E-state index >= 15 is 0 Å². The van der Waals surface area contributed by atoms with Gasteiger partial charge in [-0.25, -0.2) is 12.4 Å². The number of benzene rings is 3. The van der Waals surface area contributed by atoms with E-state index in [1.54, 1.807) is 48.7 Å². The van der Waals surface area contributed by atoms with E-state index in [4.69, 9.17) is 4.74 Å². The zero-order valence-corrected chi connectivity index (χ0v) is 16.7. The number of ether oxygens (including phenoxy) is 1. The number of fused-ring (bicyclic) bond motifs is 1. The molecule has 1 heterocycles. The summed E-state index contributed by atoms with van der Waals surface area (Å²) in [7, 11) is -3.67. The molecule has 0 saturated heterocycles. The van der Waals surface area contributed by atoms with Crippen molar-refractivity contribution in [3.8, 4) is 5.75 Å². The molecule has 0 bridgehead atoms. The molecule has 136 valence electrons. The smallest absolute Gasteiger partial charge is 0.268 e. The van der Waals surface area contributed by atoms with Gasteiger partial charge in [0.05, 0.1) is 10.4 Å². The van der Waals surface area contributed by atoms with Gasteiger partial charge in [-0.2, -0.15) is 0 Å². The molecule has 0 spiro atoms. The maximum absolute atomic E-state index is 13.0. The fourth-order valence-corrected chi connectivity index (χ4v) is 4.83. The minimum Gasteiger partial charge on any atom is -0.489 e. The lowest BCUT2D eigenvalue weighted by molar-refractivity contribution is 0.306. The summed E-state index contributed by atoms with van der Waals surface area (Å²) in [6.07, 6.45) is 1.57. The fourth-order valence-electron chi connectivity index (χ4n) is 2.88. The van der Waals surface area contributed by atoms with Crippen LogP contribution in [0, 0.1) is 0 Å². The Labute approximate surface area is 166 Å². The normalized spacial score (nSPS) is 11.6. The summed E-state index contributed by atoms with van der Waals surface area (Å²) < 4.78 is 33.8. The number of nitrogens with zero attached hydrogens (tertiary/aromatic N) is 1. The van der Waals surface area contributed by atoms with Gasteiger partial charge in [0.15, 0.2) is 0 Å². The number of hydrogen-bond acceptors (Lipinski definition) is 3. The minimum atomic E-state index is -3.67. The van der Waals surface area contributed by atoms with E-state index in [0.29, 0.717) is 17.9 Å². The van der Waals surface area contributed by atoms with E-state index in [9.17, 15) is 8.42 Å². The predicted octanol–water partition coefficient (Wildman–Crippen LogP) is 5.22. The van der Waals surface area contributed by atoms with Crippen molar-refractivity contribution >= 4 is 36.9 Å². The molecule has 0 atom stereocenters. The molecule has 4 rings (SSSR count). The highest BCUT2D eigenvalue weighted by atomic mass is 79.9. The summed E-state index contributed by atoms with van der Waals surface area (Å²) in [4.78, 5) is 0.235. The molecule has 4 aromatic rings. The lowest BCUT2D eigenvalue weighted by atomic mass is 10.2. The molecule has 6 heteroatoms. The van der Waals surface area contributed by atoms with Gasteiger partial charge >= 0.3 is 0 Å². The first kappa shape index (κ1) is 17.8. The quantitative estimate of drug-likeness (QED) is 0.426. The van der Waals surface area contributed by atoms with Crippen LogP contribution < -0.4 is 4.74 Å². The molecule has 0 aliphatic rings. The monoisotopic (exact) mass is 441 g/mol. The summed E-state index contributed by atoms with van der Waals surface area (Å²) in [5, 5.41) is 0.805. The summed E-state index contributed by atoms with van der Waals surface area (Å²) in [5.74, 6) is 0.698. The Morgan fingerprint density at radius 3 is 2.48 bits per heavy atom. The van der Waals surface area contributed by atoms with Gasteiger partial charge in [-0.15, -0.1) is 0 Å². The second-order valence-electron chi connectivity index (χ2n) is 6.07. The predicted molar refractivity (Wildman–Crippen MR) is 109 cm³/mol. The maximum atomic E-state index is 13.0. The van der Waals surface area contributed by atoms with Crippen molar-refractivity contribution in [2.75, 3.05) is 0 Å². The Balaban J connectivity index is 1.64. The van der Waals surface area contributed by atoms with Gasteiger partial charge in [0, 0.05) is 16.1 Å². The Hall–Kier alpha value is -2.57.